The van der Waals surface area contributed by atoms with Crippen LogP contribution in [-0.2, 0) is 6.42 Å². The molecule has 1 N–H and O–H groups in total. The third-order valence-corrected chi connectivity index (χ3v) is 4.02. The fraction of sp³-hybridized carbons (Fsp3) is 0.412. The molecule has 1 fully saturated rings. The Labute approximate surface area is 114 Å². The van der Waals surface area contributed by atoms with E-state index in [2.05, 4.69) is 42.6 Å². The zero-order chi connectivity index (χ0) is 13.1. The van der Waals surface area contributed by atoms with E-state index < -0.39 is 0 Å². The van der Waals surface area contributed by atoms with Crippen molar-refractivity contribution in [2.24, 2.45) is 0 Å². The van der Waals surface area contributed by atoms with Crippen LogP contribution in [0.15, 0.2) is 53.1 Å². The first kappa shape index (κ1) is 12.5. The average Bonchev–Trinajstić information content (AvgIpc) is 2.87. The first-order chi connectivity index (χ1) is 9.31. The Kier molecular flexibility index (Phi) is 3.69. The lowest BCUT2D eigenvalue weighted by Crippen LogP contribution is -2.45. The van der Waals surface area contributed by atoms with Gasteiger partial charge in [0.2, 0.25) is 0 Å². The highest BCUT2D eigenvalue weighted by molar-refractivity contribution is 5.22. The molecule has 1 aromatic carbocycles. The molecule has 2 aromatic rings. The van der Waals surface area contributed by atoms with E-state index in [1.54, 1.807) is 6.26 Å². The highest BCUT2D eigenvalue weighted by atomic mass is 16.3. The highest BCUT2D eigenvalue weighted by Gasteiger charge is 2.30. The molecule has 2 heteroatoms. The number of rotatable bonds is 5. The molecule has 2 nitrogen and oxygen atoms in total. The van der Waals surface area contributed by atoms with Gasteiger partial charge in [-0.1, -0.05) is 30.3 Å². The van der Waals surface area contributed by atoms with Gasteiger partial charge in [0, 0.05) is 18.5 Å². The van der Waals surface area contributed by atoms with Gasteiger partial charge in [-0.15, -0.1) is 0 Å². The fourth-order valence-corrected chi connectivity index (χ4v) is 2.94. The van der Waals surface area contributed by atoms with E-state index in [0.29, 0.717) is 12.1 Å². The Bertz CT molecular complexity index is 485. The summed E-state index contributed by atoms with van der Waals surface area (Å²) in [4.78, 5) is 0. The minimum atomic E-state index is 0.480. The van der Waals surface area contributed by atoms with Crippen molar-refractivity contribution < 1.29 is 4.42 Å². The maximum Gasteiger partial charge on any atom is 0.105 e. The molecule has 0 aliphatic heterocycles. The van der Waals surface area contributed by atoms with Crippen molar-refractivity contribution in [3.8, 4) is 0 Å². The lowest BCUT2D eigenvalue weighted by atomic mass is 9.75. The maximum atomic E-state index is 5.39. The summed E-state index contributed by atoms with van der Waals surface area (Å²) >= 11 is 0. The van der Waals surface area contributed by atoms with Gasteiger partial charge >= 0.3 is 0 Å². The number of hydrogen-bond donors (Lipinski definition) is 1. The number of hydrogen-bond acceptors (Lipinski definition) is 2. The van der Waals surface area contributed by atoms with E-state index >= 15 is 0 Å². The molecule has 0 amide bonds. The summed E-state index contributed by atoms with van der Waals surface area (Å²) in [6, 6.07) is 16.0. The molecule has 1 aliphatic rings. The second-order valence-corrected chi connectivity index (χ2v) is 5.63. The molecule has 0 bridgehead atoms. The van der Waals surface area contributed by atoms with Crippen LogP contribution >= 0.6 is 0 Å². The molecule has 0 spiro atoms. The Morgan fingerprint density at radius 3 is 2.63 bits per heavy atom. The maximum absolute atomic E-state index is 5.39. The standard InChI is InChI=1S/C17H21NO/c1-13(10-17-8-5-9-19-17)18-16-11-15(12-16)14-6-3-2-4-7-14/h2-9,13,15-16,18H,10-12H2,1H3. The van der Waals surface area contributed by atoms with E-state index in [0.717, 1.165) is 18.1 Å². The third kappa shape index (κ3) is 3.07. The van der Waals surface area contributed by atoms with Crippen LogP contribution in [0.3, 0.4) is 0 Å². The van der Waals surface area contributed by atoms with Crippen LogP contribution in [0.1, 0.15) is 37.0 Å². The first-order valence-corrected chi connectivity index (χ1v) is 7.14. The Morgan fingerprint density at radius 1 is 1.16 bits per heavy atom. The van der Waals surface area contributed by atoms with Gasteiger partial charge in [0.25, 0.3) is 0 Å². The van der Waals surface area contributed by atoms with Gasteiger partial charge < -0.3 is 9.73 Å². The molecule has 1 unspecified atom stereocenters. The molecule has 0 saturated heterocycles. The van der Waals surface area contributed by atoms with Crippen LogP contribution in [-0.4, -0.2) is 12.1 Å². The van der Waals surface area contributed by atoms with Crippen molar-refractivity contribution in [2.45, 2.75) is 44.2 Å². The van der Waals surface area contributed by atoms with Crippen molar-refractivity contribution >= 4 is 0 Å². The normalized spacial score (nSPS) is 23.8. The second kappa shape index (κ2) is 5.62. The van der Waals surface area contributed by atoms with E-state index in [9.17, 15) is 0 Å². The fourth-order valence-electron chi connectivity index (χ4n) is 2.94. The van der Waals surface area contributed by atoms with E-state index in [-0.39, 0.29) is 0 Å². The van der Waals surface area contributed by atoms with Crippen LogP contribution in [0.2, 0.25) is 0 Å². The Balaban J connectivity index is 1.44. The molecule has 1 saturated carbocycles. The minimum absolute atomic E-state index is 0.480. The van der Waals surface area contributed by atoms with Gasteiger partial charge in [0.15, 0.2) is 0 Å². The van der Waals surface area contributed by atoms with E-state index in [1.807, 2.05) is 12.1 Å². The molecule has 1 atom stereocenters. The smallest absolute Gasteiger partial charge is 0.105 e. The molecule has 3 rings (SSSR count). The zero-order valence-electron chi connectivity index (χ0n) is 11.4. The lowest BCUT2D eigenvalue weighted by molar-refractivity contribution is 0.265. The van der Waals surface area contributed by atoms with Gasteiger partial charge in [0.1, 0.15) is 5.76 Å². The minimum Gasteiger partial charge on any atom is -0.469 e. The SMILES string of the molecule is CC(Cc1ccco1)NC1CC(c2ccccc2)C1. The Hall–Kier alpha value is -1.54. The molecule has 100 valence electrons. The zero-order valence-corrected chi connectivity index (χ0v) is 11.4. The van der Waals surface area contributed by atoms with Crippen molar-refractivity contribution in [2.75, 3.05) is 0 Å². The summed E-state index contributed by atoms with van der Waals surface area (Å²) < 4.78 is 5.39. The highest BCUT2D eigenvalue weighted by Crippen LogP contribution is 2.36. The quantitative estimate of drug-likeness (QED) is 0.880. The first-order valence-electron chi connectivity index (χ1n) is 7.14. The van der Waals surface area contributed by atoms with Crippen molar-refractivity contribution in [3.63, 3.8) is 0 Å². The predicted molar refractivity (Wildman–Crippen MR) is 77.2 cm³/mol. The molecular formula is C17H21NO. The molecule has 1 heterocycles. The summed E-state index contributed by atoms with van der Waals surface area (Å²) in [5.74, 6) is 1.81. The van der Waals surface area contributed by atoms with Gasteiger partial charge in [-0.25, -0.2) is 0 Å². The number of benzene rings is 1. The van der Waals surface area contributed by atoms with Crippen LogP contribution in [0.25, 0.3) is 0 Å². The molecular weight excluding hydrogens is 234 g/mol. The molecule has 1 aromatic heterocycles. The average molecular weight is 255 g/mol. The summed E-state index contributed by atoms with van der Waals surface area (Å²) in [7, 11) is 0. The van der Waals surface area contributed by atoms with Gasteiger partial charge in [-0.05, 0) is 43.4 Å². The van der Waals surface area contributed by atoms with Crippen LogP contribution in [0, 0.1) is 0 Å². The van der Waals surface area contributed by atoms with E-state index in [1.165, 1.54) is 18.4 Å². The van der Waals surface area contributed by atoms with Crippen LogP contribution in [0.5, 0.6) is 0 Å². The van der Waals surface area contributed by atoms with E-state index in [4.69, 9.17) is 4.42 Å². The molecule has 19 heavy (non-hydrogen) atoms. The molecule has 0 radical (unpaired) electrons. The topological polar surface area (TPSA) is 25.2 Å². The lowest BCUT2D eigenvalue weighted by Gasteiger charge is -2.38. The predicted octanol–water partition coefficient (Wildman–Crippen LogP) is 3.75. The monoisotopic (exact) mass is 255 g/mol. The largest absolute Gasteiger partial charge is 0.469 e. The summed E-state index contributed by atoms with van der Waals surface area (Å²) in [5, 5.41) is 3.69. The van der Waals surface area contributed by atoms with Crippen molar-refractivity contribution in [3.05, 3.63) is 60.1 Å². The second-order valence-electron chi connectivity index (χ2n) is 5.63. The van der Waals surface area contributed by atoms with Crippen molar-refractivity contribution in [1.82, 2.24) is 5.32 Å². The summed E-state index contributed by atoms with van der Waals surface area (Å²) in [6.07, 6.45) is 5.23. The van der Waals surface area contributed by atoms with Gasteiger partial charge in [0.05, 0.1) is 6.26 Å². The number of nitrogens with one attached hydrogen (secondary N) is 1. The third-order valence-electron chi connectivity index (χ3n) is 4.02. The number of furan rings is 1. The summed E-state index contributed by atoms with van der Waals surface area (Å²) in [5.41, 5.74) is 1.49. The summed E-state index contributed by atoms with van der Waals surface area (Å²) in [6.45, 7) is 2.23. The Morgan fingerprint density at radius 2 is 1.95 bits per heavy atom. The molecule has 1 aliphatic carbocycles. The van der Waals surface area contributed by atoms with Gasteiger partial charge in [-0.3, -0.25) is 0 Å². The van der Waals surface area contributed by atoms with Crippen LogP contribution in [0.4, 0.5) is 0 Å². The van der Waals surface area contributed by atoms with Crippen molar-refractivity contribution in [1.29, 1.82) is 0 Å². The van der Waals surface area contributed by atoms with Gasteiger partial charge in [-0.2, -0.15) is 0 Å². The van der Waals surface area contributed by atoms with Crippen LogP contribution < -0.4 is 5.32 Å².